The largest absolute Gasteiger partial charge is 0.441 e. The minimum absolute atomic E-state index is 0.0205. The predicted octanol–water partition coefficient (Wildman–Crippen LogP) is 0.533. The van der Waals surface area contributed by atoms with E-state index in [1.54, 1.807) is 12.1 Å². The second kappa shape index (κ2) is 7.61. The van der Waals surface area contributed by atoms with Crippen molar-refractivity contribution in [3.05, 3.63) is 30.3 Å². The topological polar surface area (TPSA) is 95.1 Å². The Labute approximate surface area is 139 Å². The van der Waals surface area contributed by atoms with Crippen LogP contribution < -0.4 is 10.6 Å². The van der Waals surface area contributed by atoms with E-state index in [2.05, 4.69) is 10.6 Å². The third-order valence-electron chi connectivity index (χ3n) is 3.91. The van der Waals surface area contributed by atoms with E-state index in [1.807, 2.05) is 18.2 Å². The minimum atomic E-state index is -0.564. The molecule has 8 nitrogen and oxygen atoms in total. The van der Waals surface area contributed by atoms with Crippen LogP contribution in [-0.2, 0) is 23.7 Å². The van der Waals surface area contributed by atoms with Gasteiger partial charge in [0.2, 0.25) is 5.91 Å². The number of anilines is 1. The Hall–Kier alpha value is -2.16. The number of para-hydroxylation sites is 1. The lowest BCUT2D eigenvalue weighted by Crippen LogP contribution is -2.45. The van der Waals surface area contributed by atoms with Gasteiger partial charge in [-0.1, -0.05) is 18.2 Å². The maximum absolute atomic E-state index is 12.0. The number of hydrogen-bond acceptors (Lipinski definition) is 6. The van der Waals surface area contributed by atoms with Crippen LogP contribution in [0.3, 0.4) is 0 Å². The summed E-state index contributed by atoms with van der Waals surface area (Å²) in [5, 5.41) is 5.45. The van der Waals surface area contributed by atoms with Crippen LogP contribution >= 0.6 is 0 Å². The molecular weight excluding hydrogens is 316 g/mol. The Bertz CT molecular complexity index is 581. The van der Waals surface area contributed by atoms with Crippen molar-refractivity contribution in [2.45, 2.75) is 24.4 Å². The number of ether oxygens (including phenoxy) is 4. The SMILES string of the molecule is COCC(=O)NC1COC2C(OC(=O)Nc3ccccc3)COC12. The number of carbonyl (C=O) groups excluding carboxylic acids is 2. The zero-order chi connectivity index (χ0) is 16.9. The number of nitrogens with one attached hydrogen (secondary N) is 2. The standard InChI is InChI=1S/C16H20N2O6/c1-21-9-13(19)18-11-7-22-15-12(8-23-14(11)15)24-16(20)17-10-5-3-2-4-6-10/h2-6,11-12,14-15H,7-9H2,1H3,(H,17,20)(H,18,19). The molecule has 130 valence electrons. The van der Waals surface area contributed by atoms with Gasteiger partial charge in [-0.2, -0.15) is 0 Å². The second-order valence-corrected chi connectivity index (χ2v) is 5.64. The highest BCUT2D eigenvalue weighted by Crippen LogP contribution is 2.29. The predicted molar refractivity (Wildman–Crippen MR) is 83.6 cm³/mol. The average Bonchev–Trinajstić information content (AvgIpc) is 3.13. The van der Waals surface area contributed by atoms with Crippen LogP contribution in [0.15, 0.2) is 30.3 Å². The van der Waals surface area contributed by atoms with Crippen molar-refractivity contribution in [2.24, 2.45) is 0 Å². The molecule has 0 bridgehead atoms. The summed E-state index contributed by atoms with van der Waals surface area (Å²) in [5.74, 6) is -0.235. The van der Waals surface area contributed by atoms with E-state index in [-0.39, 0.29) is 37.4 Å². The van der Waals surface area contributed by atoms with Gasteiger partial charge in [0, 0.05) is 12.8 Å². The van der Waals surface area contributed by atoms with Crippen LogP contribution in [0.4, 0.5) is 10.5 Å². The Balaban J connectivity index is 1.51. The molecule has 2 N–H and O–H groups in total. The fraction of sp³-hybridized carbons (Fsp3) is 0.500. The quantitative estimate of drug-likeness (QED) is 0.815. The monoisotopic (exact) mass is 336 g/mol. The number of hydrogen-bond donors (Lipinski definition) is 2. The molecule has 1 aromatic rings. The summed E-state index contributed by atoms with van der Waals surface area (Å²) in [6.45, 7) is 0.520. The van der Waals surface area contributed by atoms with E-state index < -0.39 is 12.2 Å². The van der Waals surface area contributed by atoms with Crippen molar-refractivity contribution in [1.82, 2.24) is 5.32 Å². The summed E-state index contributed by atoms with van der Waals surface area (Å²) in [5.41, 5.74) is 0.648. The summed E-state index contributed by atoms with van der Waals surface area (Å²) < 4.78 is 21.5. The Kier molecular flexibility index (Phi) is 5.29. The van der Waals surface area contributed by atoms with Crippen LogP contribution in [0.5, 0.6) is 0 Å². The third-order valence-corrected chi connectivity index (χ3v) is 3.91. The van der Waals surface area contributed by atoms with E-state index >= 15 is 0 Å². The second-order valence-electron chi connectivity index (χ2n) is 5.64. The Morgan fingerprint density at radius 2 is 1.92 bits per heavy atom. The summed E-state index contributed by atoms with van der Waals surface area (Å²) in [4.78, 5) is 23.6. The van der Waals surface area contributed by atoms with Gasteiger partial charge in [-0.3, -0.25) is 10.1 Å². The summed E-state index contributed by atoms with van der Waals surface area (Å²) in [6, 6.07) is 8.75. The molecule has 0 saturated carbocycles. The molecule has 2 aliphatic heterocycles. The summed E-state index contributed by atoms with van der Waals surface area (Å²) in [7, 11) is 1.45. The molecule has 24 heavy (non-hydrogen) atoms. The highest BCUT2D eigenvalue weighted by atomic mass is 16.6. The molecule has 4 unspecified atom stereocenters. The number of rotatable bonds is 5. The van der Waals surface area contributed by atoms with Gasteiger partial charge in [0.1, 0.15) is 18.8 Å². The van der Waals surface area contributed by atoms with Gasteiger partial charge in [0.05, 0.1) is 19.3 Å². The van der Waals surface area contributed by atoms with Gasteiger partial charge < -0.3 is 24.3 Å². The summed E-state index contributed by atoms with van der Waals surface area (Å²) in [6.07, 6.45) is -1.80. The van der Waals surface area contributed by atoms with E-state index in [9.17, 15) is 9.59 Å². The molecule has 2 heterocycles. The van der Waals surface area contributed by atoms with Crippen molar-refractivity contribution in [1.29, 1.82) is 0 Å². The van der Waals surface area contributed by atoms with E-state index in [4.69, 9.17) is 18.9 Å². The van der Waals surface area contributed by atoms with Crippen molar-refractivity contribution in [2.75, 3.05) is 32.2 Å². The van der Waals surface area contributed by atoms with Gasteiger partial charge in [0.25, 0.3) is 0 Å². The molecule has 2 aliphatic rings. The fourth-order valence-corrected chi connectivity index (χ4v) is 2.87. The van der Waals surface area contributed by atoms with Gasteiger partial charge in [0.15, 0.2) is 6.10 Å². The molecule has 2 saturated heterocycles. The maximum Gasteiger partial charge on any atom is 0.412 e. The zero-order valence-corrected chi connectivity index (χ0v) is 13.3. The van der Waals surface area contributed by atoms with Gasteiger partial charge in [-0.25, -0.2) is 4.79 Å². The lowest BCUT2D eigenvalue weighted by molar-refractivity contribution is -0.126. The van der Waals surface area contributed by atoms with Crippen molar-refractivity contribution >= 4 is 17.7 Å². The number of amides is 2. The summed E-state index contributed by atoms with van der Waals surface area (Å²) >= 11 is 0. The number of benzene rings is 1. The van der Waals surface area contributed by atoms with Gasteiger partial charge in [-0.05, 0) is 12.1 Å². The van der Waals surface area contributed by atoms with Crippen LogP contribution in [0, 0.1) is 0 Å². The lowest BCUT2D eigenvalue weighted by atomic mass is 10.1. The van der Waals surface area contributed by atoms with Gasteiger partial charge in [-0.15, -0.1) is 0 Å². The molecule has 8 heteroatoms. The molecule has 0 aliphatic carbocycles. The van der Waals surface area contributed by atoms with E-state index in [1.165, 1.54) is 7.11 Å². The molecule has 0 radical (unpaired) electrons. The first-order valence-corrected chi connectivity index (χ1v) is 7.71. The zero-order valence-electron chi connectivity index (χ0n) is 13.3. The molecule has 2 fully saturated rings. The van der Waals surface area contributed by atoms with Crippen LogP contribution in [0.2, 0.25) is 0 Å². The minimum Gasteiger partial charge on any atom is -0.441 e. The number of carbonyl (C=O) groups is 2. The first-order valence-electron chi connectivity index (χ1n) is 7.71. The van der Waals surface area contributed by atoms with Crippen molar-refractivity contribution in [3.8, 4) is 0 Å². The Morgan fingerprint density at radius 1 is 1.17 bits per heavy atom. The maximum atomic E-state index is 12.0. The van der Waals surface area contributed by atoms with Crippen LogP contribution in [-0.4, -0.2) is 63.3 Å². The third kappa shape index (κ3) is 3.84. The fourth-order valence-electron chi connectivity index (χ4n) is 2.87. The average molecular weight is 336 g/mol. The van der Waals surface area contributed by atoms with E-state index in [0.29, 0.717) is 12.3 Å². The highest BCUT2D eigenvalue weighted by Gasteiger charge is 2.49. The smallest absolute Gasteiger partial charge is 0.412 e. The molecule has 0 aromatic heterocycles. The highest BCUT2D eigenvalue weighted by molar-refractivity contribution is 5.84. The molecule has 2 amide bonds. The van der Waals surface area contributed by atoms with Crippen molar-refractivity contribution < 1.29 is 28.5 Å². The normalized spacial score (nSPS) is 28.2. The molecule has 0 spiro atoms. The lowest BCUT2D eigenvalue weighted by Gasteiger charge is -2.18. The van der Waals surface area contributed by atoms with Gasteiger partial charge >= 0.3 is 6.09 Å². The number of fused-ring (bicyclic) bond motifs is 1. The van der Waals surface area contributed by atoms with Crippen molar-refractivity contribution in [3.63, 3.8) is 0 Å². The first-order chi connectivity index (χ1) is 11.7. The van der Waals surface area contributed by atoms with E-state index in [0.717, 1.165) is 0 Å². The molecule has 4 atom stereocenters. The first kappa shape index (κ1) is 16.7. The number of methoxy groups -OCH3 is 1. The van der Waals surface area contributed by atoms with Crippen LogP contribution in [0.1, 0.15) is 0 Å². The molecule has 1 aromatic carbocycles. The molecule has 3 rings (SSSR count). The molecular formula is C16H20N2O6. The van der Waals surface area contributed by atoms with Crippen LogP contribution in [0.25, 0.3) is 0 Å². The Morgan fingerprint density at radius 3 is 2.67 bits per heavy atom.